The van der Waals surface area contributed by atoms with E-state index in [0.29, 0.717) is 12.3 Å². The number of carbonyl (C=O) groups is 2. The van der Waals surface area contributed by atoms with E-state index in [1.165, 1.54) is 5.57 Å². The highest BCUT2D eigenvalue weighted by atomic mass is 16.6. The molecule has 0 amide bonds. The van der Waals surface area contributed by atoms with E-state index in [2.05, 4.69) is 12.7 Å². The Morgan fingerprint density at radius 1 is 1.43 bits per heavy atom. The average Bonchev–Trinajstić information content (AvgIpc) is 2.92. The lowest BCUT2D eigenvalue weighted by atomic mass is 9.62. The molecule has 1 aliphatic heterocycles. The molecule has 0 radical (unpaired) electrons. The summed E-state index contributed by atoms with van der Waals surface area (Å²) in [6, 6.07) is 0. The lowest BCUT2D eigenvalue weighted by molar-refractivity contribution is -0.158. The van der Waals surface area contributed by atoms with Crippen molar-refractivity contribution in [3.05, 3.63) is 24.3 Å². The highest BCUT2D eigenvalue weighted by molar-refractivity contribution is 5.85. The van der Waals surface area contributed by atoms with Crippen LogP contribution in [-0.4, -0.2) is 22.6 Å². The first-order chi connectivity index (χ1) is 10.9. The monoisotopic (exact) mass is 314 g/mol. The molecule has 4 nitrogen and oxygen atoms in total. The maximum absolute atomic E-state index is 12.6. The van der Waals surface area contributed by atoms with Gasteiger partial charge in [0, 0.05) is 11.8 Å². The maximum Gasteiger partial charge on any atom is 0.313 e. The Hall–Kier alpha value is -1.58. The van der Waals surface area contributed by atoms with E-state index in [1.807, 2.05) is 13.0 Å². The summed E-state index contributed by atoms with van der Waals surface area (Å²) in [6.07, 6.45) is 8.38. The molecule has 23 heavy (non-hydrogen) atoms. The summed E-state index contributed by atoms with van der Waals surface area (Å²) >= 11 is 0. The highest BCUT2D eigenvalue weighted by Gasteiger charge is 2.80. The number of carboxylic acids is 1. The van der Waals surface area contributed by atoms with Gasteiger partial charge in [-0.15, -0.1) is 0 Å². The number of hydrogen-bond donors (Lipinski definition) is 1. The lowest BCUT2D eigenvalue weighted by Gasteiger charge is -2.42. The molecule has 0 aromatic heterocycles. The van der Waals surface area contributed by atoms with Gasteiger partial charge in [-0.2, -0.15) is 0 Å². The Labute approximate surface area is 135 Å². The quantitative estimate of drug-likeness (QED) is 0.597. The van der Waals surface area contributed by atoms with E-state index < -0.39 is 22.9 Å². The van der Waals surface area contributed by atoms with Crippen LogP contribution in [0.3, 0.4) is 0 Å². The molecule has 1 N–H and O–H groups in total. The van der Waals surface area contributed by atoms with Gasteiger partial charge >= 0.3 is 11.9 Å². The van der Waals surface area contributed by atoms with Gasteiger partial charge in [0.05, 0.1) is 11.3 Å². The summed E-state index contributed by atoms with van der Waals surface area (Å²) in [5, 5.41) is 10.1. The SMILES string of the molecule is C=C1C[C@@]23C[C@H]1CC[C@H]2[C@@]12C=CC[C@@](C)(C(=O)O1)[C@H]2[C@@H]3C(=O)O. The molecule has 1 saturated heterocycles. The molecule has 4 aliphatic carbocycles. The van der Waals surface area contributed by atoms with Crippen molar-refractivity contribution in [1.82, 2.24) is 0 Å². The summed E-state index contributed by atoms with van der Waals surface area (Å²) < 4.78 is 6.01. The van der Waals surface area contributed by atoms with Gasteiger partial charge in [-0.3, -0.25) is 9.59 Å². The van der Waals surface area contributed by atoms with Gasteiger partial charge in [0.1, 0.15) is 5.60 Å². The fourth-order valence-electron chi connectivity index (χ4n) is 7.15. The van der Waals surface area contributed by atoms with Crippen molar-refractivity contribution in [2.45, 2.75) is 44.6 Å². The number of hydrogen-bond acceptors (Lipinski definition) is 3. The molecule has 4 heteroatoms. The molecular weight excluding hydrogens is 292 g/mol. The highest BCUT2D eigenvalue weighted by Crippen LogP contribution is 2.76. The second-order valence-corrected chi connectivity index (χ2v) is 8.66. The zero-order valence-corrected chi connectivity index (χ0v) is 13.4. The number of carbonyl (C=O) groups excluding carboxylic acids is 1. The van der Waals surface area contributed by atoms with Crippen molar-refractivity contribution in [2.24, 2.45) is 34.5 Å². The molecule has 1 spiro atoms. The Morgan fingerprint density at radius 2 is 2.22 bits per heavy atom. The standard InChI is InChI=1S/C19H22O4/c1-10-8-18-9-11(10)4-5-12(18)19-7-3-6-17(2,16(22)23-19)14(19)13(18)15(20)21/h3,7,11-14H,1,4-6,8-9H2,2H3,(H,20,21)/t11-,12-,13-,14-,17-,18-,19-/m1/s1. The number of ether oxygens (including phenoxy) is 1. The lowest BCUT2D eigenvalue weighted by Crippen LogP contribution is -2.44. The van der Waals surface area contributed by atoms with Gasteiger partial charge in [-0.1, -0.05) is 18.2 Å². The van der Waals surface area contributed by atoms with E-state index in [1.54, 1.807) is 0 Å². The Kier molecular flexibility index (Phi) is 2.24. The third-order valence-electron chi connectivity index (χ3n) is 7.85. The van der Waals surface area contributed by atoms with Crippen LogP contribution in [-0.2, 0) is 14.3 Å². The smallest absolute Gasteiger partial charge is 0.313 e. The van der Waals surface area contributed by atoms with Crippen LogP contribution in [0.4, 0.5) is 0 Å². The van der Waals surface area contributed by atoms with Crippen LogP contribution < -0.4 is 0 Å². The van der Waals surface area contributed by atoms with Gasteiger partial charge < -0.3 is 9.84 Å². The van der Waals surface area contributed by atoms with Crippen molar-refractivity contribution in [1.29, 1.82) is 0 Å². The molecule has 3 saturated carbocycles. The number of fused-ring (bicyclic) bond motifs is 1. The Morgan fingerprint density at radius 3 is 2.96 bits per heavy atom. The predicted molar refractivity (Wildman–Crippen MR) is 82.3 cm³/mol. The normalized spacial score (nSPS) is 55.5. The zero-order valence-electron chi connectivity index (χ0n) is 13.4. The molecule has 0 unspecified atom stereocenters. The summed E-state index contributed by atoms with van der Waals surface area (Å²) in [6.45, 7) is 6.15. The predicted octanol–water partition coefficient (Wildman–Crippen LogP) is 2.94. The van der Waals surface area contributed by atoms with Crippen LogP contribution in [0.25, 0.3) is 0 Å². The van der Waals surface area contributed by atoms with Gasteiger partial charge in [0.25, 0.3) is 0 Å². The van der Waals surface area contributed by atoms with Crippen molar-refractivity contribution in [3.8, 4) is 0 Å². The van der Waals surface area contributed by atoms with Crippen LogP contribution in [0.5, 0.6) is 0 Å². The maximum atomic E-state index is 12.6. The fourth-order valence-corrected chi connectivity index (χ4v) is 7.15. The van der Waals surface area contributed by atoms with E-state index in [-0.39, 0.29) is 23.2 Å². The number of carboxylic acid groups (broad SMARTS) is 1. The Balaban J connectivity index is 1.77. The van der Waals surface area contributed by atoms with Crippen LogP contribution >= 0.6 is 0 Å². The zero-order chi connectivity index (χ0) is 16.2. The third-order valence-corrected chi connectivity index (χ3v) is 7.85. The first-order valence-electron chi connectivity index (χ1n) is 8.67. The molecule has 1 heterocycles. The largest absolute Gasteiger partial charge is 0.481 e. The topological polar surface area (TPSA) is 63.6 Å². The first kappa shape index (κ1) is 13.8. The molecule has 4 fully saturated rings. The summed E-state index contributed by atoms with van der Waals surface area (Å²) in [5.74, 6) is -1.12. The van der Waals surface area contributed by atoms with Crippen LogP contribution in [0, 0.1) is 34.5 Å². The van der Waals surface area contributed by atoms with E-state index in [9.17, 15) is 14.7 Å². The first-order valence-corrected chi connectivity index (χ1v) is 8.67. The summed E-state index contributed by atoms with van der Waals surface area (Å²) in [5.41, 5.74) is -0.441. The second kappa shape index (κ2) is 3.73. The van der Waals surface area contributed by atoms with Crippen LogP contribution in [0.2, 0.25) is 0 Å². The minimum absolute atomic E-state index is 0.124. The van der Waals surface area contributed by atoms with Crippen LogP contribution in [0.15, 0.2) is 24.3 Å². The molecule has 0 aromatic rings. The van der Waals surface area contributed by atoms with E-state index in [0.717, 1.165) is 25.7 Å². The van der Waals surface area contributed by atoms with Crippen molar-refractivity contribution in [3.63, 3.8) is 0 Å². The molecule has 4 bridgehead atoms. The van der Waals surface area contributed by atoms with Gasteiger partial charge in [0.15, 0.2) is 0 Å². The second-order valence-electron chi connectivity index (χ2n) is 8.66. The van der Waals surface area contributed by atoms with Crippen molar-refractivity contribution < 1.29 is 19.4 Å². The Bertz CT molecular complexity index is 693. The third kappa shape index (κ3) is 1.25. The van der Waals surface area contributed by atoms with E-state index in [4.69, 9.17) is 4.74 Å². The summed E-state index contributed by atoms with van der Waals surface area (Å²) in [7, 11) is 0. The van der Waals surface area contributed by atoms with Crippen LogP contribution in [0.1, 0.15) is 39.0 Å². The van der Waals surface area contributed by atoms with Gasteiger partial charge in [-0.05, 0) is 56.4 Å². The minimum atomic E-state index is -0.753. The number of rotatable bonds is 1. The summed E-state index contributed by atoms with van der Waals surface area (Å²) in [4.78, 5) is 25.0. The molecule has 5 rings (SSSR count). The van der Waals surface area contributed by atoms with Gasteiger partial charge in [-0.25, -0.2) is 0 Å². The molecule has 5 aliphatic rings. The average molecular weight is 314 g/mol. The van der Waals surface area contributed by atoms with Crippen molar-refractivity contribution >= 4 is 11.9 Å². The van der Waals surface area contributed by atoms with E-state index >= 15 is 0 Å². The molecule has 122 valence electrons. The number of esters is 1. The molecule has 0 aromatic carbocycles. The molecular formula is C19H22O4. The number of allylic oxidation sites excluding steroid dienone is 2. The molecule has 7 atom stereocenters. The number of aliphatic carboxylic acids is 1. The fraction of sp³-hybridized carbons (Fsp3) is 0.684. The van der Waals surface area contributed by atoms with Gasteiger partial charge in [0.2, 0.25) is 0 Å². The minimum Gasteiger partial charge on any atom is -0.481 e. The van der Waals surface area contributed by atoms with Crippen molar-refractivity contribution in [2.75, 3.05) is 0 Å².